The Hall–Kier alpha value is 0.140. The van der Waals surface area contributed by atoms with E-state index in [4.69, 9.17) is 0 Å². The molecule has 1 aliphatic rings. The summed E-state index contributed by atoms with van der Waals surface area (Å²) in [6.07, 6.45) is 8.14. The molecule has 1 aromatic rings. The topological polar surface area (TPSA) is 12.0 Å². The van der Waals surface area contributed by atoms with Crippen LogP contribution in [0.3, 0.4) is 0 Å². The van der Waals surface area contributed by atoms with Crippen LogP contribution in [0.5, 0.6) is 0 Å². The van der Waals surface area contributed by atoms with E-state index in [2.05, 4.69) is 46.7 Å². The standard InChI is InChI=1S/C14H22BrNS/c1-14(7-4-3-5-8-14)13(16-2)10-12-11(15)6-9-17-12/h6,9,13,16H,3-5,7-8,10H2,1-2H3. The third-order valence-electron chi connectivity index (χ3n) is 4.27. The SMILES string of the molecule is CNC(Cc1sccc1Br)C1(C)CCCCC1. The van der Waals surface area contributed by atoms with Crippen molar-refractivity contribution in [3.8, 4) is 0 Å². The Morgan fingerprint density at radius 1 is 1.41 bits per heavy atom. The molecule has 0 spiro atoms. The van der Waals surface area contributed by atoms with Crippen LogP contribution < -0.4 is 5.32 Å². The summed E-state index contributed by atoms with van der Waals surface area (Å²) < 4.78 is 1.28. The zero-order chi connectivity index (χ0) is 12.3. The first kappa shape index (κ1) is 13.6. The summed E-state index contributed by atoms with van der Waals surface area (Å²) in [7, 11) is 2.12. The van der Waals surface area contributed by atoms with E-state index in [-0.39, 0.29) is 0 Å². The highest BCUT2D eigenvalue weighted by molar-refractivity contribution is 9.10. The molecule has 1 unspecified atom stereocenters. The first-order chi connectivity index (χ1) is 8.15. The molecule has 0 bridgehead atoms. The first-order valence-electron chi connectivity index (χ1n) is 6.55. The zero-order valence-corrected chi connectivity index (χ0v) is 13.2. The molecular weight excluding hydrogens is 294 g/mol. The van der Waals surface area contributed by atoms with Crippen LogP contribution in [-0.2, 0) is 6.42 Å². The summed E-state index contributed by atoms with van der Waals surface area (Å²) in [5, 5.41) is 5.74. The van der Waals surface area contributed by atoms with E-state index in [1.807, 2.05) is 11.3 Å². The molecular formula is C14H22BrNS. The van der Waals surface area contributed by atoms with Crippen LogP contribution in [0, 0.1) is 5.41 Å². The van der Waals surface area contributed by atoms with Gasteiger partial charge in [0.15, 0.2) is 0 Å². The van der Waals surface area contributed by atoms with Crippen LogP contribution in [0.2, 0.25) is 0 Å². The van der Waals surface area contributed by atoms with Crippen molar-refractivity contribution in [1.82, 2.24) is 5.32 Å². The molecule has 1 fully saturated rings. The lowest BCUT2D eigenvalue weighted by atomic mass is 9.69. The molecule has 0 aliphatic heterocycles. The fourth-order valence-corrected chi connectivity index (χ4v) is 4.62. The summed E-state index contributed by atoms with van der Waals surface area (Å²) in [5.41, 5.74) is 0.483. The smallest absolute Gasteiger partial charge is 0.0314 e. The molecule has 1 N–H and O–H groups in total. The van der Waals surface area contributed by atoms with E-state index in [9.17, 15) is 0 Å². The van der Waals surface area contributed by atoms with Gasteiger partial charge in [0.2, 0.25) is 0 Å². The van der Waals surface area contributed by atoms with Gasteiger partial charge in [0.05, 0.1) is 0 Å². The van der Waals surface area contributed by atoms with Crippen molar-refractivity contribution in [2.24, 2.45) is 5.41 Å². The molecule has 1 heterocycles. The van der Waals surface area contributed by atoms with E-state index in [0.717, 1.165) is 6.42 Å². The summed E-state index contributed by atoms with van der Waals surface area (Å²) in [4.78, 5) is 1.48. The van der Waals surface area contributed by atoms with Gasteiger partial charge in [0, 0.05) is 15.4 Å². The largest absolute Gasteiger partial charge is 0.316 e. The van der Waals surface area contributed by atoms with Crippen LogP contribution in [0.15, 0.2) is 15.9 Å². The second kappa shape index (κ2) is 5.85. The molecule has 2 rings (SSSR count). The predicted octanol–water partition coefficient (Wildman–Crippen LogP) is 4.61. The minimum absolute atomic E-state index is 0.483. The van der Waals surface area contributed by atoms with Crippen LogP contribution in [-0.4, -0.2) is 13.1 Å². The highest BCUT2D eigenvalue weighted by Crippen LogP contribution is 2.40. The van der Waals surface area contributed by atoms with Crippen molar-refractivity contribution >= 4 is 27.3 Å². The molecule has 3 heteroatoms. The number of likely N-dealkylation sites (N-methyl/N-ethyl adjacent to an activating group) is 1. The number of halogens is 1. The van der Waals surface area contributed by atoms with E-state index in [1.165, 1.54) is 41.5 Å². The van der Waals surface area contributed by atoms with Crippen molar-refractivity contribution in [2.75, 3.05) is 7.05 Å². The van der Waals surface area contributed by atoms with Crippen LogP contribution in [0.1, 0.15) is 43.9 Å². The molecule has 0 saturated heterocycles. The number of nitrogens with one attached hydrogen (secondary N) is 1. The minimum Gasteiger partial charge on any atom is -0.316 e. The van der Waals surface area contributed by atoms with Crippen molar-refractivity contribution in [3.63, 3.8) is 0 Å². The molecule has 1 saturated carbocycles. The Labute approximate surface area is 117 Å². The molecule has 0 radical (unpaired) electrons. The minimum atomic E-state index is 0.483. The molecule has 17 heavy (non-hydrogen) atoms. The van der Waals surface area contributed by atoms with Crippen molar-refractivity contribution in [2.45, 2.75) is 51.5 Å². The van der Waals surface area contributed by atoms with Gasteiger partial charge in [-0.15, -0.1) is 11.3 Å². The Bertz CT molecular complexity index is 355. The molecule has 1 atom stereocenters. The van der Waals surface area contributed by atoms with Crippen LogP contribution in [0.4, 0.5) is 0 Å². The zero-order valence-electron chi connectivity index (χ0n) is 10.8. The third-order valence-corrected chi connectivity index (χ3v) is 6.21. The Kier molecular flexibility index (Phi) is 4.67. The number of hydrogen-bond donors (Lipinski definition) is 1. The quantitative estimate of drug-likeness (QED) is 0.855. The summed E-state index contributed by atoms with van der Waals surface area (Å²) >= 11 is 5.52. The van der Waals surface area contributed by atoms with E-state index in [1.54, 1.807) is 0 Å². The molecule has 1 aromatic heterocycles. The van der Waals surface area contributed by atoms with Gasteiger partial charge in [-0.25, -0.2) is 0 Å². The molecule has 0 aromatic carbocycles. The second-order valence-corrected chi connectivity index (χ2v) is 7.31. The Morgan fingerprint density at radius 2 is 2.12 bits per heavy atom. The van der Waals surface area contributed by atoms with Gasteiger partial charge in [0.1, 0.15) is 0 Å². The highest BCUT2D eigenvalue weighted by atomic mass is 79.9. The maximum absolute atomic E-state index is 3.65. The van der Waals surface area contributed by atoms with E-state index in [0.29, 0.717) is 11.5 Å². The molecule has 0 amide bonds. The lowest BCUT2D eigenvalue weighted by Gasteiger charge is -2.40. The van der Waals surface area contributed by atoms with Gasteiger partial charge in [-0.1, -0.05) is 26.2 Å². The summed E-state index contributed by atoms with van der Waals surface area (Å²) in [6.45, 7) is 2.47. The second-order valence-electron chi connectivity index (χ2n) is 5.45. The molecule has 96 valence electrons. The first-order valence-corrected chi connectivity index (χ1v) is 8.22. The van der Waals surface area contributed by atoms with Gasteiger partial charge in [-0.3, -0.25) is 0 Å². The maximum atomic E-state index is 3.65. The molecule has 1 nitrogen and oxygen atoms in total. The molecule has 1 aliphatic carbocycles. The van der Waals surface area contributed by atoms with Crippen molar-refractivity contribution in [3.05, 3.63) is 20.8 Å². The Balaban J connectivity index is 2.08. The third kappa shape index (κ3) is 3.12. The van der Waals surface area contributed by atoms with Crippen LogP contribution >= 0.6 is 27.3 Å². The average molecular weight is 316 g/mol. The average Bonchev–Trinajstić information content (AvgIpc) is 2.72. The maximum Gasteiger partial charge on any atom is 0.0314 e. The predicted molar refractivity (Wildman–Crippen MR) is 79.8 cm³/mol. The van der Waals surface area contributed by atoms with Crippen molar-refractivity contribution in [1.29, 1.82) is 0 Å². The fraction of sp³-hybridized carbons (Fsp3) is 0.714. The van der Waals surface area contributed by atoms with Gasteiger partial charge in [-0.05, 0) is 59.1 Å². The number of thiophene rings is 1. The lowest BCUT2D eigenvalue weighted by Crippen LogP contribution is -2.44. The Morgan fingerprint density at radius 3 is 2.65 bits per heavy atom. The van der Waals surface area contributed by atoms with Gasteiger partial charge < -0.3 is 5.32 Å². The van der Waals surface area contributed by atoms with Gasteiger partial charge >= 0.3 is 0 Å². The summed E-state index contributed by atoms with van der Waals surface area (Å²) in [6, 6.07) is 2.77. The fourth-order valence-electron chi connectivity index (χ4n) is 3.06. The van der Waals surface area contributed by atoms with Gasteiger partial charge in [0.25, 0.3) is 0 Å². The van der Waals surface area contributed by atoms with Gasteiger partial charge in [-0.2, -0.15) is 0 Å². The number of rotatable bonds is 4. The van der Waals surface area contributed by atoms with Crippen LogP contribution in [0.25, 0.3) is 0 Å². The summed E-state index contributed by atoms with van der Waals surface area (Å²) in [5.74, 6) is 0. The highest BCUT2D eigenvalue weighted by Gasteiger charge is 2.34. The lowest BCUT2D eigenvalue weighted by molar-refractivity contribution is 0.149. The van der Waals surface area contributed by atoms with E-state index < -0.39 is 0 Å². The van der Waals surface area contributed by atoms with Crippen molar-refractivity contribution < 1.29 is 0 Å². The number of hydrogen-bond acceptors (Lipinski definition) is 2. The monoisotopic (exact) mass is 315 g/mol. The normalized spacial score (nSPS) is 21.4. The van der Waals surface area contributed by atoms with E-state index >= 15 is 0 Å².